The van der Waals surface area contributed by atoms with Gasteiger partial charge in [0.05, 0.1) is 18.7 Å². The highest BCUT2D eigenvalue weighted by Gasteiger charge is 2.49. The van der Waals surface area contributed by atoms with E-state index in [4.69, 9.17) is 0 Å². The first-order chi connectivity index (χ1) is 13.2. The molecular formula is C18H17F3N4O3. The number of hydrogen-bond acceptors (Lipinski definition) is 4. The maximum atomic E-state index is 12.9. The van der Waals surface area contributed by atoms with E-state index >= 15 is 0 Å². The molecule has 1 amide bonds. The van der Waals surface area contributed by atoms with E-state index in [9.17, 15) is 27.9 Å². The zero-order chi connectivity index (χ0) is 20.2. The molecule has 1 aliphatic carbocycles. The molecule has 0 bridgehead atoms. The molecule has 148 valence electrons. The van der Waals surface area contributed by atoms with Gasteiger partial charge in [-0.2, -0.15) is 13.2 Å². The quantitative estimate of drug-likeness (QED) is 0.862. The molecule has 2 aromatic rings. The van der Waals surface area contributed by atoms with Crippen molar-refractivity contribution >= 4 is 11.9 Å². The highest BCUT2D eigenvalue weighted by Crippen LogP contribution is 2.49. The molecule has 1 fully saturated rings. The van der Waals surface area contributed by atoms with Crippen LogP contribution in [0.1, 0.15) is 35.1 Å². The lowest BCUT2D eigenvalue weighted by atomic mass is 10.0. The number of aliphatic carboxylic acids is 1. The van der Waals surface area contributed by atoms with Crippen LogP contribution in [0.4, 0.5) is 13.2 Å². The number of alkyl halides is 3. The first kappa shape index (κ1) is 18.5. The monoisotopic (exact) mass is 394 g/mol. The van der Waals surface area contributed by atoms with Crippen molar-refractivity contribution < 1.29 is 27.9 Å². The summed E-state index contributed by atoms with van der Waals surface area (Å²) in [7, 11) is 0. The van der Waals surface area contributed by atoms with Crippen LogP contribution in [0.15, 0.2) is 24.3 Å². The Bertz CT molecular complexity index is 956. The molecule has 28 heavy (non-hydrogen) atoms. The molecular weight excluding hydrogens is 377 g/mol. The SMILES string of the molecule is Cc1nnc2n1CC(C(=O)O)N(C(=O)C1CC1c1cccc(C(F)(F)F)c1)C2. The number of carbonyl (C=O) groups excluding carboxylic acids is 1. The van der Waals surface area contributed by atoms with Gasteiger partial charge in [0.25, 0.3) is 0 Å². The van der Waals surface area contributed by atoms with Gasteiger partial charge < -0.3 is 14.6 Å². The average molecular weight is 394 g/mol. The van der Waals surface area contributed by atoms with E-state index in [0.29, 0.717) is 23.6 Å². The van der Waals surface area contributed by atoms with Crippen LogP contribution < -0.4 is 0 Å². The second-order valence-electron chi connectivity index (χ2n) is 7.17. The van der Waals surface area contributed by atoms with E-state index in [1.165, 1.54) is 11.0 Å². The number of aromatic nitrogens is 3. The van der Waals surface area contributed by atoms with E-state index in [0.717, 1.165) is 12.1 Å². The number of fused-ring (bicyclic) bond motifs is 1. The predicted molar refractivity (Wildman–Crippen MR) is 89.0 cm³/mol. The van der Waals surface area contributed by atoms with E-state index in [1.807, 2.05) is 0 Å². The Morgan fingerprint density at radius 2 is 2.00 bits per heavy atom. The first-order valence-corrected chi connectivity index (χ1v) is 8.76. The van der Waals surface area contributed by atoms with Gasteiger partial charge in [0.1, 0.15) is 11.9 Å². The van der Waals surface area contributed by atoms with Crippen molar-refractivity contribution in [2.45, 2.75) is 44.6 Å². The minimum atomic E-state index is -4.45. The predicted octanol–water partition coefficient (Wildman–Crippen LogP) is 2.20. The van der Waals surface area contributed by atoms with Crippen molar-refractivity contribution in [2.75, 3.05) is 0 Å². The normalized spacial score (nSPS) is 24.0. The molecule has 4 rings (SSSR count). The zero-order valence-corrected chi connectivity index (χ0v) is 14.8. The first-order valence-electron chi connectivity index (χ1n) is 8.76. The molecule has 1 aromatic carbocycles. The summed E-state index contributed by atoms with van der Waals surface area (Å²) in [5.74, 6) is -1.31. The number of benzene rings is 1. The van der Waals surface area contributed by atoms with E-state index in [2.05, 4.69) is 10.2 Å². The Morgan fingerprint density at radius 1 is 1.25 bits per heavy atom. The Balaban J connectivity index is 1.55. The van der Waals surface area contributed by atoms with Crippen LogP contribution in [0.2, 0.25) is 0 Å². The number of carboxylic acids is 1. The molecule has 2 heterocycles. The summed E-state index contributed by atoms with van der Waals surface area (Å²) in [5.41, 5.74) is -0.316. The summed E-state index contributed by atoms with van der Waals surface area (Å²) in [4.78, 5) is 25.9. The number of carbonyl (C=O) groups is 2. The number of nitrogens with zero attached hydrogens (tertiary/aromatic N) is 4. The van der Waals surface area contributed by atoms with Crippen molar-refractivity contribution in [3.05, 3.63) is 47.0 Å². The summed E-state index contributed by atoms with van der Waals surface area (Å²) in [5, 5.41) is 17.4. The Morgan fingerprint density at radius 3 is 2.68 bits per heavy atom. The van der Waals surface area contributed by atoms with Crippen LogP contribution >= 0.6 is 0 Å². The number of carboxylic acid groups (broad SMARTS) is 1. The van der Waals surface area contributed by atoms with Gasteiger partial charge in [-0.15, -0.1) is 10.2 Å². The number of halogens is 3. The molecule has 0 radical (unpaired) electrons. The summed E-state index contributed by atoms with van der Waals surface area (Å²) < 4.78 is 40.4. The van der Waals surface area contributed by atoms with Gasteiger partial charge in [-0.05, 0) is 30.9 Å². The third-order valence-electron chi connectivity index (χ3n) is 5.37. The molecule has 0 saturated heterocycles. The van der Waals surface area contributed by atoms with Crippen LogP contribution in [0.25, 0.3) is 0 Å². The number of amides is 1. The van der Waals surface area contributed by atoms with Crippen molar-refractivity contribution in [1.82, 2.24) is 19.7 Å². The highest BCUT2D eigenvalue weighted by atomic mass is 19.4. The molecule has 3 unspecified atom stereocenters. The van der Waals surface area contributed by atoms with Crippen LogP contribution in [0.3, 0.4) is 0 Å². The zero-order valence-electron chi connectivity index (χ0n) is 14.8. The van der Waals surface area contributed by atoms with Crippen molar-refractivity contribution in [3.63, 3.8) is 0 Å². The standard InChI is InChI=1S/C18H17F3N4O3/c1-9-22-23-15-8-25(14(17(27)28)7-24(9)15)16(26)13-6-12(13)10-3-2-4-11(5-10)18(19,20)21/h2-5,12-14H,6-8H2,1H3,(H,27,28). The Labute approximate surface area is 157 Å². The van der Waals surface area contributed by atoms with Gasteiger partial charge in [-0.3, -0.25) is 4.79 Å². The molecule has 1 saturated carbocycles. The van der Waals surface area contributed by atoms with Gasteiger partial charge in [0.2, 0.25) is 5.91 Å². The number of aryl methyl sites for hydroxylation is 1. The van der Waals surface area contributed by atoms with Crippen LogP contribution in [-0.4, -0.2) is 42.7 Å². The lowest BCUT2D eigenvalue weighted by Gasteiger charge is -2.33. The highest BCUT2D eigenvalue weighted by molar-refractivity contribution is 5.88. The van der Waals surface area contributed by atoms with Crippen LogP contribution in [0, 0.1) is 12.8 Å². The molecule has 1 aliphatic heterocycles. The average Bonchev–Trinajstić information content (AvgIpc) is 3.37. The molecule has 10 heteroatoms. The summed E-state index contributed by atoms with van der Waals surface area (Å²) in [6, 6.07) is 3.88. The summed E-state index contributed by atoms with van der Waals surface area (Å²) in [6.45, 7) is 1.77. The fraction of sp³-hybridized carbons (Fsp3) is 0.444. The topological polar surface area (TPSA) is 88.3 Å². The van der Waals surface area contributed by atoms with Gasteiger partial charge in [0, 0.05) is 5.92 Å². The minimum absolute atomic E-state index is 0.0163. The summed E-state index contributed by atoms with van der Waals surface area (Å²) in [6.07, 6.45) is -4.05. The summed E-state index contributed by atoms with van der Waals surface area (Å²) >= 11 is 0. The van der Waals surface area contributed by atoms with Gasteiger partial charge >= 0.3 is 12.1 Å². The number of rotatable bonds is 3. The lowest BCUT2D eigenvalue weighted by molar-refractivity contribution is -0.153. The molecule has 1 aromatic heterocycles. The molecule has 3 atom stereocenters. The molecule has 7 nitrogen and oxygen atoms in total. The van der Waals surface area contributed by atoms with Crippen molar-refractivity contribution in [3.8, 4) is 0 Å². The largest absolute Gasteiger partial charge is 0.480 e. The van der Waals surface area contributed by atoms with Crippen LogP contribution in [-0.2, 0) is 28.9 Å². The fourth-order valence-corrected chi connectivity index (χ4v) is 3.75. The van der Waals surface area contributed by atoms with Crippen LogP contribution in [0.5, 0.6) is 0 Å². The second-order valence-corrected chi connectivity index (χ2v) is 7.17. The van der Waals surface area contributed by atoms with Gasteiger partial charge in [-0.1, -0.05) is 18.2 Å². The lowest BCUT2D eigenvalue weighted by Crippen LogP contribution is -2.51. The Kier molecular flexibility index (Phi) is 4.16. The van der Waals surface area contributed by atoms with Crippen molar-refractivity contribution in [2.24, 2.45) is 5.92 Å². The third kappa shape index (κ3) is 3.12. The number of hydrogen-bond donors (Lipinski definition) is 1. The fourth-order valence-electron chi connectivity index (χ4n) is 3.75. The van der Waals surface area contributed by atoms with E-state index < -0.39 is 29.7 Å². The van der Waals surface area contributed by atoms with E-state index in [1.54, 1.807) is 17.6 Å². The maximum absolute atomic E-state index is 12.9. The third-order valence-corrected chi connectivity index (χ3v) is 5.37. The van der Waals surface area contributed by atoms with Crippen molar-refractivity contribution in [1.29, 1.82) is 0 Å². The smallest absolute Gasteiger partial charge is 0.416 e. The van der Waals surface area contributed by atoms with E-state index in [-0.39, 0.29) is 24.9 Å². The second kappa shape index (κ2) is 6.32. The molecule has 1 N–H and O–H groups in total. The Hall–Kier alpha value is -2.91. The van der Waals surface area contributed by atoms with Gasteiger partial charge in [-0.25, -0.2) is 4.79 Å². The minimum Gasteiger partial charge on any atom is -0.480 e. The molecule has 0 spiro atoms. The maximum Gasteiger partial charge on any atom is 0.416 e. The molecule has 2 aliphatic rings. The van der Waals surface area contributed by atoms with Gasteiger partial charge in [0.15, 0.2) is 5.82 Å².